The molecule has 1 aliphatic carbocycles. The van der Waals surface area contributed by atoms with Gasteiger partial charge in [-0.1, -0.05) is 42.5 Å². The van der Waals surface area contributed by atoms with Gasteiger partial charge in [0.05, 0.1) is 10.9 Å². The van der Waals surface area contributed by atoms with E-state index in [2.05, 4.69) is 23.2 Å². The Balaban J connectivity index is 1.42. The molecular weight excluding hydrogens is 389 g/mol. The van der Waals surface area contributed by atoms with Crippen LogP contribution < -0.4 is 5.56 Å². The van der Waals surface area contributed by atoms with Gasteiger partial charge in [0.2, 0.25) is 5.95 Å². The molecule has 1 fully saturated rings. The molecule has 3 heterocycles. The van der Waals surface area contributed by atoms with E-state index in [-0.39, 0.29) is 17.5 Å². The maximum atomic E-state index is 13.5. The van der Waals surface area contributed by atoms with E-state index in [0.29, 0.717) is 5.39 Å². The first kappa shape index (κ1) is 18.0. The van der Waals surface area contributed by atoms with Crippen molar-refractivity contribution in [3.63, 3.8) is 0 Å². The summed E-state index contributed by atoms with van der Waals surface area (Å²) in [5, 5.41) is 2.61. The van der Waals surface area contributed by atoms with Gasteiger partial charge in [-0.15, -0.1) is 0 Å². The zero-order chi connectivity index (χ0) is 20.9. The van der Waals surface area contributed by atoms with Crippen LogP contribution in [0.4, 0.5) is 4.39 Å². The third kappa shape index (κ3) is 3.01. The summed E-state index contributed by atoms with van der Waals surface area (Å²) < 4.78 is 15.1. The number of halogens is 1. The van der Waals surface area contributed by atoms with Crippen LogP contribution in [0.2, 0.25) is 0 Å². The molecule has 150 valence electrons. The van der Waals surface area contributed by atoms with E-state index in [9.17, 15) is 9.18 Å². The van der Waals surface area contributed by atoms with Crippen molar-refractivity contribution < 1.29 is 4.39 Å². The molecule has 3 aromatic heterocycles. The van der Waals surface area contributed by atoms with E-state index in [1.165, 1.54) is 12.3 Å². The van der Waals surface area contributed by atoms with E-state index < -0.39 is 5.95 Å². The van der Waals surface area contributed by atoms with Crippen LogP contribution in [0.1, 0.15) is 24.1 Å². The van der Waals surface area contributed by atoms with E-state index >= 15 is 0 Å². The molecule has 2 aromatic carbocycles. The Bertz CT molecular complexity index is 1510. The number of aromatic nitrogens is 3. The summed E-state index contributed by atoms with van der Waals surface area (Å²) in [4.78, 5) is 22.1. The molecule has 0 N–H and O–H groups in total. The largest absolute Gasteiger partial charge is 0.311 e. The van der Waals surface area contributed by atoms with Gasteiger partial charge in [0.1, 0.15) is 0 Å². The lowest BCUT2D eigenvalue weighted by atomic mass is 10.0. The lowest BCUT2D eigenvalue weighted by molar-refractivity contribution is 0.584. The summed E-state index contributed by atoms with van der Waals surface area (Å²) in [6.07, 6.45) is 4.24. The Labute approximate surface area is 177 Å². The second kappa shape index (κ2) is 6.84. The highest BCUT2D eigenvalue weighted by Crippen LogP contribution is 2.50. The number of benzene rings is 2. The number of nitrogens with zero attached hydrogens (tertiary/aromatic N) is 3. The molecule has 0 aliphatic heterocycles. The molecule has 0 saturated heterocycles. The Kier molecular flexibility index (Phi) is 3.96. The molecule has 0 amide bonds. The minimum Gasteiger partial charge on any atom is -0.311 e. The zero-order valence-corrected chi connectivity index (χ0v) is 16.6. The van der Waals surface area contributed by atoms with Gasteiger partial charge in [0.25, 0.3) is 5.56 Å². The summed E-state index contributed by atoms with van der Waals surface area (Å²) in [5.74, 6) is -0.315. The highest BCUT2D eigenvalue weighted by molar-refractivity contribution is 5.95. The third-order valence-electron chi connectivity index (χ3n) is 6.11. The van der Waals surface area contributed by atoms with Crippen LogP contribution in [0, 0.1) is 5.95 Å². The molecule has 5 aromatic rings. The molecule has 0 spiro atoms. The van der Waals surface area contributed by atoms with Crippen molar-refractivity contribution in [2.24, 2.45) is 0 Å². The number of rotatable bonds is 3. The molecule has 0 radical (unpaired) electrons. The lowest BCUT2D eigenvalue weighted by Gasteiger charge is -2.11. The molecule has 4 nitrogen and oxygen atoms in total. The smallest absolute Gasteiger partial charge is 0.259 e. The summed E-state index contributed by atoms with van der Waals surface area (Å²) in [5.41, 5.74) is 3.45. The molecule has 31 heavy (non-hydrogen) atoms. The standard InChI is InChI=1S/C26H18FN3O/c27-24-11-9-18(15-28-24)19-6-3-5-17-12-13-30(26(31)25(17)19)23-14-20(23)22-10-8-16-4-1-2-7-21(16)29-22/h1-13,15,20,23H,14H2/t20-,23-/m1/s1. The Morgan fingerprint density at radius 3 is 2.65 bits per heavy atom. The summed E-state index contributed by atoms with van der Waals surface area (Å²) in [7, 11) is 0. The topological polar surface area (TPSA) is 47.8 Å². The van der Waals surface area contributed by atoms with Crippen molar-refractivity contribution in [2.75, 3.05) is 0 Å². The predicted octanol–water partition coefficient (Wildman–Crippen LogP) is 5.48. The third-order valence-corrected chi connectivity index (χ3v) is 6.11. The van der Waals surface area contributed by atoms with E-state index in [1.807, 2.05) is 53.2 Å². The maximum Gasteiger partial charge on any atom is 0.259 e. The van der Waals surface area contributed by atoms with Crippen LogP contribution in [0.25, 0.3) is 32.8 Å². The van der Waals surface area contributed by atoms with Crippen LogP contribution in [0.15, 0.2) is 90.0 Å². The fraction of sp³-hybridized carbons (Fsp3) is 0.115. The Morgan fingerprint density at radius 1 is 0.903 bits per heavy atom. The summed E-state index contributed by atoms with van der Waals surface area (Å²) in [6.45, 7) is 0. The average Bonchev–Trinajstić information content (AvgIpc) is 3.60. The summed E-state index contributed by atoms with van der Waals surface area (Å²) in [6, 6.07) is 23.0. The van der Waals surface area contributed by atoms with Crippen molar-refractivity contribution in [3.05, 3.63) is 107 Å². The van der Waals surface area contributed by atoms with Crippen molar-refractivity contribution in [1.82, 2.24) is 14.5 Å². The first-order chi connectivity index (χ1) is 15.2. The molecular formula is C26H18FN3O. The van der Waals surface area contributed by atoms with E-state index in [4.69, 9.17) is 4.98 Å². The molecule has 1 aliphatic rings. The molecule has 5 heteroatoms. The quantitative estimate of drug-likeness (QED) is 0.372. The van der Waals surface area contributed by atoms with Crippen molar-refractivity contribution >= 4 is 21.7 Å². The maximum absolute atomic E-state index is 13.5. The van der Waals surface area contributed by atoms with Crippen molar-refractivity contribution in [3.8, 4) is 11.1 Å². The predicted molar refractivity (Wildman–Crippen MR) is 120 cm³/mol. The highest BCUT2D eigenvalue weighted by atomic mass is 19.1. The zero-order valence-electron chi connectivity index (χ0n) is 16.6. The summed E-state index contributed by atoms with van der Waals surface area (Å²) >= 11 is 0. The van der Waals surface area contributed by atoms with Crippen LogP contribution in [-0.4, -0.2) is 14.5 Å². The number of hydrogen-bond donors (Lipinski definition) is 0. The van der Waals surface area contributed by atoms with Crippen molar-refractivity contribution in [1.29, 1.82) is 0 Å². The minimum absolute atomic E-state index is 0.0364. The van der Waals surface area contributed by atoms with Crippen LogP contribution in [0.3, 0.4) is 0 Å². The molecule has 6 rings (SSSR count). The van der Waals surface area contributed by atoms with Crippen LogP contribution in [0.5, 0.6) is 0 Å². The first-order valence-corrected chi connectivity index (χ1v) is 10.3. The van der Waals surface area contributed by atoms with E-state index in [0.717, 1.165) is 39.5 Å². The van der Waals surface area contributed by atoms with Gasteiger partial charge in [-0.2, -0.15) is 4.39 Å². The van der Waals surface area contributed by atoms with Gasteiger partial charge in [-0.05, 0) is 47.7 Å². The van der Waals surface area contributed by atoms with Gasteiger partial charge >= 0.3 is 0 Å². The number of pyridine rings is 3. The van der Waals surface area contributed by atoms with Crippen LogP contribution >= 0.6 is 0 Å². The van der Waals surface area contributed by atoms with Gasteiger partial charge in [-0.25, -0.2) is 4.98 Å². The average molecular weight is 407 g/mol. The van der Waals surface area contributed by atoms with E-state index in [1.54, 1.807) is 6.07 Å². The molecule has 0 bridgehead atoms. The Hall–Kier alpha value is -3.86. The van der Waals surface area contributed by atoms with Crippen molar-refractivity contribution in [2.45, 2.75) is 18.4 Å². The number of para-hydroxylation sites is 1. The Morgan fingerprint density at radius 2 is 1.77 bits per heavy atom. The van der Waals surface area contributed by atoms with Crippen LogP contribution in [-0.2, 0) is 0 Å². The molecule has 0 unspecified atom stereocenters. The second-order valence-corrected chi connectivity index (χ2v) is 8.01. The van der Waals surface area contributed by atoms with Gasteiger partial charge < -0.3 is 4.57 Å². The molecule has 1 saturated carbocycles. The number of fused-ring (bicyclic) bond motifs is 2. The van der Waals surface area contributed by atoms with Gasteiger partial charge in [0, 0.05) is 41.0 Å². The lowest BCUT2D eigenvalue weighted by Crippen LogP contribution is -2.19. The highest BCUT2D eigenvalue weighted by Gasteiger charge is 2.41. The SMILES string of the molecule is O=c1c2c(-c3ccc(F)nc3)cccc2ccn1[C@@H]1C[C@@H]1c1ccc2ccccc2n1. The number of hydrogen-bond acceptors (Lipinski definition) is 3. The molecule has 2 atom stereocenters. The fourth-order valence-electron chi connectivity index (χ4n) is 4.44. The second-order valence-electron chi connectivity index (χ2n) is 8.01. The van der Waals surface area contributed by atoms with Gasteiger partial charge in [-0.3, -0.25) is 9.78 Å². The minimum atomic E-state index is -0.537. The fourth-order valence-corrected chi connectivity index (χ4v) is 4.44. The normalized spacial score (nSPS) is 17.8. The van der Waals surface area contributed by atoms with Gasteiger partial charge in [0.15, 0.2) is 0 Å². The first-order valence-electron chi connectivity index (χ1n) is 10.3. The monoisotopic (exact) mass is 407 g/mol.